The van der Waals surface area contributed by atoms with Crippen LogP contribution in [0.1, 0.15) is 137 Å². The lowest BCUT2D eigenvalue weighted by Crippen LogP contribution is -2.61. The third-order valence-corrected chi connectivity index (χ3v) is 17.4. The van der Waals surface area contributed by atoms with Gasteiger partial charge in [-0.1, -0.05) is 151 Å². The Morgan fingerprint density at radius 3 is 1.46 bits per heavy atom. The van der Waals surface area contributed by atoms with E-state index in [2.05, 4.69) is 29.6 Å². The molecule has 2 aliphatic heterocycles. The third kappa shape index (κ3) is 16.0. The summed E-state index contributed by atoms with van der Waals surface area (Å²) in [5.74, 6) is -0.817. The molecule has 4 aromatic rings. The van der Waals surface area contributed by atoms with Crippen molar-refractivity contribution >= 4 is 35.3 Å². The van der Waals surface area contributed by atoms with Gasteiger partial charge in [-0.25, -0.2) is 0 Å². The monoisotopic (exact) mass is 1080 g/mol. The molecular weight excluding hydrogens is 991 g/mol. The van der Waals surface area contributed by atoms with Crippen molar-refractivity contribution in [2.45, 2.75) is 136 Å². The van der Waals surface area contributed by atoms with Crippen LogP contribution in [-0.2, 0) is 41.5 Å². The molecule has 0 aromatic heterocycles. The number of benzene rings is 4. The van der Waals surface area contributed by atoms with Gasteiger partial charge in [-0.2, -0.15) is 0 Å². The second-order valence-corrected chi connectivity index (χ2v) is 23.2. The highest BCUT2D eigenvalue weighted by molar-refractivity contribution is 5.96. The average Bonchev–Trinajstić information content (AvgIpc) is 3.51. The second-order valence-electron chi connectivity index (χ2n) is 23.2. The van der Waals surface area contributed by atoms with E-state index in [9.17, 15) is 28.8 Å². The van der Waals surface area contributed by atoms with Gasteiger partial charge in [-0.05, 0) is 103 Å². The molecule has 2 heterocycles. The Balaban J connectivity index is 0.984. The zero-order valence-corrected chi connectivity index (χ0v) is 47.5. The first-order chi connectivity index (χ1) is 38.4. The van der Waals surface area contributed by atoms with Crippen LogP contribution in [-0.4, -0.2) is 139 Å². The first-order valence-corrected chi connectivity index (χ1v) is 29.8. The first kappa shape index (κ1) is 59.0. The summed E-state index contributed by atoms with van der Waals surface area (Å²) in [6.07, 6.45) is 12.4. The molecule has 0 spiro atoms. The molecule has 2 saturated heterocycles. The third-order valence-electron chi connectivity index (χ3n) is 17.4. The van der Waals surface area contributed by atoms with Crippen molar-refractivity contribution in [3.8, 4) is 11.1 Å². The number of morpholine rings is 2. The number of hydrogen-bond donors (Lipinski definition) is 1. The fraction of sp³-hybridized carbons (Fsp3) is 0.545. The Hall–Kier alpha value is -6.18. The van der Waals surface area contributed by atoms with Gasteiger partial charge < -0.3 is 34.4 Å². The van der Waals surface area contributed by atoms with Crippen LogP contribution in [0.2, 0.25) is 0 Å². The molecular formula is C66H87N5O8. The van der Waals surface area contributed by atoms with E-state index in [1.165, 1.54) is 0 Å². The van der Waals surface area contributed by atoms with Crippen molar-refractivity contribution in [1.82, 2.24) is 24.9 Å². The number of amides is 5. The normalized spacial score (nSPS) is 19.5. The summed E-state index contributed by atoms with van der Waals surface area (Å²) in [4.78, 5) is 93.0. The van der Waals surface area contributed by atoms with Crippen molar-refractivity contribution in [2.75, 3.05) is 65.7 Å². The number of ether oxygens (including phenoxy) is 2. The van der Waals surface area contributed by atoms with E-state index in [1.54, 1.807) is 0 Å². The van der Waals surface area contributed by atoms with E-state index in [-0.39, 0.29) is 90.5 Å². The van der Waals surface area contributed by atoms with Crippen LogP contribution < -0.4 is 5.32 Å². The van der Waals surface area contributed by atoms with Gasteiger partial charge in [0.1, 0.15) is 11.8 Å². The summed E-state index contributed by atoms with van der Waals surface area (Å²) in [6, 6.07) is 33.9. The summed E-state index contributed by atoms with van der Waals surface area (Å²) < 4.78 is 12.1. The van der Waals surface area contributed by atoms with Gasteiger partial charge >= 0.3 is 0 Å². The van der Waals surface area contributed by atoms with Crippen molar-refractivity contribution in [1.29, 1.82) is 0 Å². The quantitative estimate of drug-likeness (QED) is 0.0773. The predicted molar refractivity (Wildman–Crippen MR) is 309 cm³/mol. The molecule has 0 radical (unpaired) electrons. The topological polar surface area (TPSA) is 146 Å². The molecule has 4 aliphatic rings. The zero-order chi connectivity index (χ0) is 55.7. The van der Waals surface area contributed by atoms with Gasteiger partial charge in [-0.3, -0.25) is 28.8 Å². The fourth-order valence-electron chi connectivity index (χ4n) is 12.2. The van der Waals surface area contributed by atoms with Gasteiger partial charge in [0.25, 0.3) is 11.8 Å². The van der Waals surface area contributed by atoms with Crippen LogP contribution in [0.25, 0.3) is 11.1 Å². The minimum Gasteiger partial charge on any atom is -0.377 e. The van der Waals surface area contributed by atoms with E-state index in [0.717, 1.165) is 86.5 Å². The number of Topliss-reactive ketones (excluding diaryl/α,β-unsaturated/α-hetero) is 1. The summed E-state index contributed by atoms with van der Waals surface area (Å²) in [5.41, 5.74) is 5.02. The molecule has 2 aliphatic carbocycles. The molecule has 13 heteroatoms. The summed E-state index contributed by atoms with van der Waals surface area (Å²) >= 11 is 0. The number of hydrogen-bond acceptors (Lipinski definition) is 8. The molecule has 8 rings (SSSR count). The Morgan fingerprint density at radius 1 is 0.570 bits per heavy atom. The standard InChI is InChI=1S/C66H87N5O8/c1-5-48(4)62(73)67-61(54-24-16-9-17-25-54)66(77)71-39-41-79-46-58(71)44-69(37-35-50-20-12-7-13-21-50)64(75)56-32-28-52(29-33-56)51-26-30-55(31-27-51)63(74)68(36-34-49-18-10-6-11-19-49)43-57-45-78-40-38-70(57)65(76)59(42-60(72)47(2)3)53-22-14-8-15-23-53/h6-7,10-13,18-21,26-33,47-48,53-54,57-59,61H,5,8-9,14-17,22-25,34-46H2,1-4H3,(H,67,73)/t48-,57-,58-,59+,61+/m1/s1. The number of nitrogens with zero attached hydrogens (tertiary/aromatic N) is 4. The highest BCUT2D eigenvalue weighted by atomic mass is 16.5. The number of nitrogens with one attached hydrogen (secondary N) is 1. The highest BCUT2D eigenvalue weighted by Crippen LogP contribution is 2.35. The minimum atomic E-state index is -0.619. The number of carbonyl (C=O) groups is 6. The molecule has 79 heavy (non-hydrogen) atoms. The zero-order valence-electron chi connectivity index (χ0n) is 47.5. The minimum absolute atomic E-state index is 0.0157. The first-order valence-electron chi connectivity index (χ1n) is 29.8. The smallest absolute Gasteiger partial charge is 0.253 e. The lowest BCUT2D eigenvalue weighted by molar-refractivity contribution is -0.149. The van der Waals surface area contributed by atoms with Crippen LogP contribution in [0, 0.1) is 29.6 Å². The summed E-state index contributed by atoms with van der Waals surface area (Å²) in [5, 5.41) is 3.19. The van der Waals surface area contributed by atoms with Crippen molar-refractivity contribution < 1.29 is 38.2 Å². The molecule has 5 amide bonds. The van der Waals surface area contributed by atoms with Gasteiger partial charge in [0, 0.05) is 74.6 Å². The number of ketones is 1. The maximum atomic E-state index is 14.7. The average molecular weight is 1080 g/mol. The fourth-order valence-corrected chi connectivity index (χ4v) is 12.2. The predicted octanol–water partition coefficient (Wildman–Crippen LogP) is 10.1. The molecule has 2 saturated carbocycles. The SMILES string of the molecule is CC[C@@H](C)C(=O)N[C@H](C(=O)N1CCOC[C@H]1CN(CCc1ccccc1)C(=O)c1ccc(-c2ccc(C(=O)N(CCc3ccccc3)C[C@@H]3COCCN3C(=O)[C@@H](CC(=O)C(C)C)C3CCCCC3)cc2)cc1)C1CCCCC1. The van der Waals surface area contributed by atoms with Crippen LogP contribution in [0.5, 0.6) is 0 Å². The number of carbonyl (C=O) groups excluding carboxylic acids is 6. The number of rotatable bonds is 23. The van der Waals surface area contributed by atoms with Crippen LogP contribution in [0.4, 0.5) is 0 Å². The summed E-state index contributed by atoms with van der Waals surface area (Å²) in [6.45, 7) is 11.4. The van der Waals surface area contributed by atoms with Gasteiger partial charge in [0.15, 0.2) is 0 Å². The van der Waals surface area contributed by atoms with Gasteiger partial charge in [0.05, 0.1) is 38.5 Å². The Labute approximate surface area is 470 Å². The van der Waals surface area contributed by atoms with E-state index in [1.807, 2.05) is 132 Å². The molecule has 4 aromatic carbocycles. The largest absolute Gasteiger partial charge is 0.377 e. The van der Waals surface area contributed by atoms with Gasteiger partial charge in [-0.15, -0.1) is 0 Å². The van der Waals surface area contributed by atoms with Crippen LogP contribution >= 0.6 is 0 Å². The molecule has 0 bridgehead atoms. The lowest BCUT2D eigenvalue weighted by atomic mass is 9.76. The lowest BCUT2D eigenvalue weighted by Gasteiger charge is -2.42. The molecule has 4 fully saturated rings. The molecule has 0 unspecified atom stereocenters. The molecule has 5 atom stereocenters. The Bertz CT molecular complexity index is 2600. The maximum Gasteiger partial charge on any atom is 0.253 e. The summed E-state index contributed by atoms with van der Waals surface area (Å²) in [7, 11) is 0. The van der Waals surface area contributed by atoms with E-state index in [0.29, 0.717) is 82.9 Å². The van der Waals surface area contributed by atoms with Crippen LogP contribution in [0.15, 0.2) is 109 Å². The van der Waals surface area contributed by atoms with E-state index in [4.69, 9.17) is 9.47 Å². The Kier molecular flexibility index (Phi) is 21.9. The van der Waals surface area contributed by atoms with Gasteiger partial charge in [0.2, 0.25) is 17.7 Å². The van der Waals surface area contributed by atoms with Crippen molar-refractivity contribution in [3.63, 3.8) is 0 Å². The molecule has 424 valence electrons. The van der Waals surface area contributed by atoms with Crippen molar-refractivity contribution in [2.24, 2.45) is 29.6 Å². The second kappa shape index (κ2) is 29.3. The molecule has 1 N–H and O–H groups in total. The van der Waals surface area contributed by atoms with E-state index < -0.39 is 12.1 Å². The molecule has 13 nitrogen and oxygen atoms in total. The van der Waals surface area contributed by atoms with Crippen LogP contribution in [0.3, 0.4) is 0 Å². The maximum absolute atomic E-state index is 14.7. The van der Waals surface area contributed by atoms with E-state index >= 15 is 0 Å². The Morgan fingerprint density at radius 2 is 1.01 bits per heavy atom. The highest BCUT2D eigenvalue weighted by Gasteiger charge is 2.41. The van der Waals surface area contributed by atoms with Crippen molar-refractivity contribution in [3.05, 3.63) is 131 Å².